The van der Waals surface area contributed by atoms with Gasteiger partial charge in [0.2, 0.25) is 5.78 Å². The van der Waals surface area contributed by atoms with Crippen molar-refractivity contribution in [1.29, 1.82) is 0 Å². The van der Waals surface area contributed by atoms with E-state index in [0.717, 1.165) is 5.69 Å². The smallest absolute Gasteiger partial charge is 0.236 e. The molecule has 0 radical (unpaired) electrons. The summed E-state index contributed by atoms with van der Waals surface area (Å²) in [5.74, 6) is 1.09. The van der Waals surface area contributed by atoms with Gasteiger partial charge in [0.05, 0.1) is 6.20 Å². The predicted octanol–water partition coefficient (Wildman–Crippen LogP) is 1.27. The number of hydrogen-bond donors (Lipinski definition) is 1. The molecule has 2 rings (SSSR count). The summed E-state index contributed by atoms with van der Waals surface area (Å²) in [5, 5.41) is 0.481. The van der Waals surface area contributed by atoms with E-state index in [1.165, 1.54) is 6.20 Å². The van der Waals surface area contributed by atoms with Crippen molar-refractivity contribution in [3.05, 3.63) is 23.1 Å². The molecule has 0 saturated carbocycles. The van der Waals surface area contributed by atoms with Crippen LogP contribution in [0.4, 0.5) is 5.82 Å². The van der Waals surface area contributed by atoms with Gasteiger partial charge in [-0.1, -0.05) is 11.6 Å². The Balaban J connectivity index is 2.93. The minimum atomic E-state index is 0.481. The molecular weight excluding hydrogens is 176 g/mol. The number of nitrogen functional groups attached to an aromatic ring is 1. The number of aryl methyl sites for hydroxylation is 1. The monoisotopic (exact) mass is 182 g/mol. The van der Waals surface area contributed by atoms with Gasteiger partial charge < -0.3 is 5.73 Å². The van der Waals surface area contributed by atoms with Crippen LogP contribution in [0.25, 0.3) is 5.78 Å². The number of imidazole rings is 1. The highest BCUT2D eigenvalue weighted by atomic mass is 35.5. The number of nitrogens with two attached hydrogens (primary N) is 1. The van der Waals surface area contributed by atoms with E-state index in [4.69, 9.17) is 17.3 Å². The zero-order valence-electron chi connectivity index (χ0n) is 6.45. The normalized spacial score (nSPS) is 10.8. The number of aromatic nitrogens is 3. The van der Waals surface area contributed by atoms with Gasteiger partial charge in [-0.25, -0.2) is 9.97 Å². The summed E-state index contributed by atoms with van der Waals surface area (Å²) < 4.78 is 1.59. The summed E-state index contributed by atoms with van der Waals surface area (Å²) in [6.45, 7) is 1.86. The number of hydrogen-bond acceptors (Lipinski definition) is 3. The second-order valence-corrected chi connectivity index (χ2v) is 2.93. The molecule has 0 saturated heterocycles. The molecule has 0 atom stereocenters. The summed E-state index contributed by atoms with van der Waals surface area (Å²) >= 11 is 5.81. The van der Waals surface area contributed by atoms with E-state index in [2.05, 4.69) is 9.97 Å². The van der Waals surface area contributed by atoms with E-state index in [1.54, 1.807) is 10.5 Å². The number of rotatable bonds is 0. The molecule has 2 heterocycles. The molecule has 0 aromatic carbocycles. The second kappa shape index (κ2) is 2.35. The molecule has 4 nitrogen and oxygen atoms in total. The zero-order chi connectivity index (χ0) is 8.72. The Morgan fingerprint density at radius 1 is 1.58 bits per heavy atom. The highest BCUT2D eigenvalue weighted by Gasteiger charge is 2.04. The van der Waals surface area contributed by atoms with Gasteiger partial charge in [-0.05, 0) is 6.92 Å². The van der Waals surface area contributed by atoms with Crippen LogP contribution in [0.2, 0.25) is 5.15 Å². The topological polar surface area (TPSA) is 56.2 Å². The van der Waals surface area contributed by atoms with Crippen LogP contribution in [0.5, 0.6) is 0 Å². The van der Waals surface area contributed by atoms with Crippen LogP contribution < -0.4 is 5.73 Å². The van der Waals surface area contributed by atoms with Crippen LogP contribution in [0.1, 0.15) is 5.69 Å². The van der Waals surface area contributed by atoms with Gasteiger partial charge >= 0.3 is 0 Å². The van der Waals surface area contributed by atoms with Crippen molar-refractivity contribution < 1.29 is 0 Å². The SMILES string of the molecule is Cc1cc(N)n2c(Cl)cnc2n1. The van der Waals surface area contributed by atoms with Gasteiger partial charge in [-0.2, -0.15) is 0 Å². The van der Waals surface area contributed by atoms with Gasteiger partial charge in [-0.3, -0.25) is 4.40 Å². The van der Waals surface area contributed by atoms with Crippen LogP contribution in [-0.4, -0.2) is 14.4 Å². The summed E-state index contributed by atoms with van der Waals surface area (Å²) in [6, 6.07) is 1.75. The lowest BCUT2D eigenvalue weighted by molar-refractivity contribution is 1.08. The lowest BCUT2D eigenvalue weighted by Crippen LogP contribution is -1.99. The van der Waals surface area contributed by atoms with Crippen molar-refractivity contribution in [1.82, 2.24) is 14.4 Å². The Morgan fingerprint density at radius 3 is 3.08 bits per heavy atom. The van der Waals surface area contributed by atoms with Gasteiger partial charge in [0.15, 0.2) is 0 Å². The molecule has 2 aromatic rings. The third-order valence-electron chi connectivity index (χ3n) is 1.59. The average Bonchev–Trinajstić information content (AvgIpc) is 2.31. The maximum absolute atomic E-state index is 5.81. The summed E-state index contributed by atoms with van der Waals surface area (Å²) in [7, 11) is 0. The molecule has 0 aliphatic carbocycles. The van der Waals surface area contributed by atoms with E-state index >= 15 is 0 Å². The van der Waals surface area contributed by atoms with Crippen LogP contribution in [-0.2, 0) is 0 Å². The van der Waals surface area contributed by atoms with E-state index in [9.17, 15) is 0 Å². The van der Waals surface area contributed by atoms with Gasteiger partial charge in [0.25, 0.3) is 0 Å². The lowest BCUT2D eigenvalue weighted by Gasteiger charge is -2.00. The number of halogens is 1. The van der Waals surface area contributed by atoms with Crippen molar-refractivity contribution in [3.8, 4) is 0 Å². The van der Waals surface area contributed by atoms with Gasteiger partial charge in [-0.15, -0.1) is 0 Å². The Kier molecular flexibility index (Phi) is 1.44. The van der Waals surface area contributed by atoms with Gasteiger partial charge in [0.1, 0.15) is 11.0 Å². The molecular formula is C7H7ClN4. The molecule has 62 valence electrons. The minimum Gasteiger partial charge on any atom is -0.385 e. The first-order valence-corrected chi connectivity index (χ1v) is 3.82. The molecule has 2 aromatic heterocycles. The Bertz CT molecular complexity index is 434. The third-order valence-corrected chi connectivity index (χ3v) is 1.86. The molecule has 0 spiro atoms. The summed E-state index contributed by atoms with van der Waals surface area (Å²) in [6.07, 6.45) is 1.53. The maximum Gasteiger partial charge on any atom is 0.236 e. The van der Waals surface area contributed by atoms with E-state index in [1.807, 2.05) is 6.92 Å². The van der Waals surface area contributed by atoms with Crippen molar-refractivity contribution in [2.75, 3.05) is 5.73 Å². The number of fused-ring (bicyclic) bond motifs is 1. The molecule has 0 bridgehead atoms. The van der Waals surface area contributed by atoms with Gasteiger partial charge in [0, 0.05) is 11.8 Å². The molecule has 0 unspecified atom stereocenters. The first kappa shape index (κ1) is 7.36. The molecule has 0 aliphatic rings. The highest BCUT2D eigenvalue weighted by molar-refractivity contribution is 6.29. The predicted molar refractivity (Wildman–Crippen MR) is 47.1 cm³/mol. The van der Waals surface area contributed by atoms with Crippen molar-refractivity contribution in [3.63, 3.8) is 0 Å². The third kappa shape index (κ3) is 0.921. The average molecular weight is 183 g/mol. The fraction of sp³-hybridized carbons (Fsp3) is 0.143. The molecule has 0 fully saturated rings. The van der Waals surface area contributed by atoms with E-state index < -0.39 is 0 Å². The standard InChI is InChI=1S/C7H7ClN4/c1-4-2-6(9)12-5(8)3-10-7(12)11-4/h2-3H,9H2,1H3. The first-order valence-electron chi connectivity index (χ1n) is 3.44. The van der Waals surface area contributed by atoms with Crippen LogP contribution in [0.3, 0.4) is 0 Å². The number of anilines is 1. The summed E-state index contributed by atoms with van der Waals surface area (Å²) in [5.41, 5.74) is 6.54. The van der Waals surface area contributed by atoms with E-state index in [-0.39, 0.29) is 0 Å². The lowest BCUT2D eigenvalue weighted by atomic mass is 10.4. The van der Waals surface area contributed by atoms with Crippen molar-refractivity contribution in [2.24, 2.45) is 0 Å². The highest BCUT2D eigenvalue weighted by Crippen LogP contribution is 2.15. The molecule has 0 aliphatic heterocycles. The minimum absolute atomic E-state index is 0.481. The fourth-order valence-electron chi connectivity index (χ4n) is 1.11. The second-order valence-electron chi connectivity index (χ2n) is 2.54. The van der Waals surface area contributed by atoms with E-state index in [0.29, 0.717) is 16.7 Å². The molecule has 12 heavy (non-hydrogen) atoms. The van der Waals surface area contributed by atoms with Crippen LogP contribution in [0, 0.1) is 6.92 Å². The Morgan fingerprint density at radius 2 is 2.33 bits per heavy atom. The number of nitrogens with zero attached hydrogens (tertiary/aromatic N) is 3. The summed E-state index contributed by atoms with van der Waals surface area (Å²) in [4.78, 5) is 8.12. The Labute approximate surface area is 74.0 Å². The van der Waals surface area contributed by atoms with Crippen LogP contribution >= 0.6 is 11.6 Å². The largest absolute Gasteiger partial charge is 0.385 e. The van der Waals surface area contributed by atoms with Crippen LogP contribution in [0.15, 0.2) is 12.3 Å². The maximum atomic E-state index is 5.81. The molecule has 2 N–H and O–H groups in total. The van der Waals surface area contributed by atoms with Crippen molar-refractivity contribution in [2.45, 2.75) is 6.92 Å². The molecule has 0 amide bonds. The molecule has 5 heteroatoms. The first-order chi connectivity index (χ1) is 5.68. The zero-order valence-corrected chi connectivity index (χ0v) is 7.21. The fourth-order valence-corrected chi connectivity index (χ4v) is 1.33. The quantitative estimate of drug-likeness (QED) is 0.668. The Hall–Kier alpha value is -1.29. The van der Waals surface area contributed by atoms with Crippen molar-refractivity contribution >= 4 is 23.2 Å².